The molecule has 3 rings (SSSR count). The van der Waals surface area contributed by atoms with Gasteiger partial charge in [0.25, 0.3) is 0 Å². The number of rotatable bonds is 3. The lowest BCUT2D eigenvalue weighted by Crippen LogP contribution is -2.52. The Morgan fingerprint density at radius 3 is 2.32 bits per heavy atom. The van der Waals surface area contributed by atoms with Gasteiger partial charge in [-0.05, 0) is 64.7 Å². The average molecular weight is 264 g/mol. The molecule has 0 aromatic heterocycles. The second kappa shape index (κ2) is 5.92. The van der Waals surface area contributed by atoms with Crippen LogP contribution < -0.4 is 0 Å². The Morgan fingerprint density at radius 2 is 1.68 bits per heavy atom. The van der Waals surface area contributed by atoms with Gasteiger partial charge >= 0.3 is 0 Å². The molecule has 19 heavy (non-hydrogen) atoms. The fourth-order valence-electron chi connectivity index (χ4n) is 4.31. The molecular formula is C16H28N2O. The highest BCUT2D eigenvalue weighted by Crippen LogP contribution is 2.33. The van der Waals surface area contributed by atoms with Gasteiger partial charge in [-0.25, -0.2) is 0 Å². The molecule has 0 saturated carbocycles. The van der Waals surface area contributed by atoms with Crippen LogP contribution >= 0.6 is 0 Å². The van der Waals surface area contributed by atoms with Gasteiger partial charge in [0.1, 0.15) is 5.78 Å². The lowest BCUT2D eigenvalue weighted by Gasteiger charge is -2.46. The van der Waals surface area contributed by atoms with E-state index in [1.165, 1.54) is 58.2 Å². The SMILES string of the molecule is CN1CCC(CCN2C3CCCC2CC(=O)C3)CC1. The molecular weight excluding hydrogens is 236 g/mol. The van der Waals surface area contributed by atoms with Crippen LogP contribution in [0, 0.1) is 5.92 Å². The van der Waals surface area contributed by atoms with Crippen LogP contribution in [-0.4, -0.2) is 54.3 Å². The van der Waals surface area contributed by atoms with Crippen molar-refractivity contribution in [2.24, 2.45) is 5.92 Å². The monoisotopic (exact) mass is 264 g/mol. The third-order valence-electron chi connectivity index (χ3n) is 5.57. The summed E-state index contributed by atoms with van der Waals surface area (Å²) in [6, 6.07) is 1.18. The molecule has 0 aromatic rings. The summed E-state index contributed by atoms with van der Waals surface area (Å²) >= 11 is 0. The zero-order valence-electron chi connectivity index (χ0n) is 12.3. The van der Waals surface area contributed by atoms with E-state index in [0.29, 0.717) is 17.9 Å². The number of hydrogen-bond acceptors (Lipinski definition) is 3. The van der Waals surface area contributed by atoms with Gasteiger partial charge in [0.2, 0.25) is 0 Å². The summed E-state index contributed by atoms with van der Waals surface area (Å²) in [6.45, 7) is 3.79. The maximum absolute atomic E-state index is 11.7. The molecule has 0 radical (unpaired) electrons. The lowest BCUT2D eigenvalue weighted by atomic mass is 9.83. The van der Waals surface area contributed by atoms with Gasteiger partial charge in [-0.1, -0.05) is 6.42 Å². The molecule has 3 heteroatoms. The van der Waals surface area contributed by atoms with Gasteiger partial charge in [-0.2, -0.15) is 0 Å². The van der Waals surface area contributed by atoms with Gasteiger partial charge in [0.15, 0.2) is 0 Å². The van der Waals surface area contributed by atoms with E-state index in [4.69, 9.17) is 0 Å². The number of nitrogens with zero attached hydrogens (tertiary/aromatic N) is 2. The molecule has 0 aliphatic carbocycles. The van der Waals surface area contributed by atoms with Gasteiger partial charge < -0.3 is 4.90 Å². The standard InChI is InChI=1S/C16H28N2O/c1-17-8-5-13(6-9-17)7-10-18-14-3-2-4-15(18)12-16(19)11-14/h13-15H,2-12H2,1H3. The minimum Gasteiger partial charge on any atom is -0.306 e. The van der Waals surface area contributed by atoms with Crippen LogP contribution in [0.15, 0.2) is 0 Å². The van der Waals surface area contributed by atoms with E-state index in [1.807, 2.05) is 0 Å². The molecule has 3 nitrogen and oxygen atoms in total. The number of carbonyl (C=O) groups excluding carboxylic acids is 1. The van der Waals surface area contributed by atoms with E-state index in [2.05, 4.69) is 16.8 Å². The summed E-state index contributed by atoms with van der Waals surface area (Å²) in [6.07, 6.45) is 9.64. The van der Waals surface area contributed by atoms with Crippen LogP contribution in [0.25, 0.3) is 0 Å². The van der Waals surface area contributed by atoms with Crippen LogP contribution in [0.5, 0.6) is 0 Å². The van der Waals surface area contributed by atoms with Crippen molar-refractivity contribution in [3.05, 3.63) is 0 Å². The molecule has 3 fully saturated rings. The van der Waals surface area contributed by atoms with E-state index in [9.17, 15) is 4.79 Å². The molecule has 0 spiro atoms. The zero-order chi connectivity index (χ0) is 13.2. The van der Waals surface area contributed by atoms with Crippen molar-refractivity contribution in [3.8, 4) is 0 Å². The number of likely N-dealkylation sites (tertiary alicyclic amines) is 1. The van der Waals surface area contributed by atoms with Crippen molar-refractivity contribution in [3.63, 3.8) is 0 Å². The minimum absolute atomic E-state index is 0.519. The first-order valence-electron chi connectivity index (χ1n) is 8.18. The van der Waals surface area contributed by atoms with E-state index in [1.54, 1.807) is 0 Å². The second-order valence-corrected chi connectivity index (χ2v) is 6.96. The van der Waals surface area contributed by atoms with Crippen molar-refractivity contribution < 1.29 is 4.79 Å². The van der Waals surface area contributed by atoms with Gasteiger partial charge in [-0.15, -0.1) is 0 Å². The number of ketones is 1. The van der Waals surface area contributed by atoms with Crippen molar-refractivity contribution >= 4 is 5.78 Å². The fourth-order valence-corrected chi connectivity index (χ4v) is 4.31. The van der Waals surface area contributed by atoms with Crippen LogP contribution in [0.3, 0.4) is 0 Å². The molecule has 2 atom stereocenters. The summed E-state index contributed by atoms with van der Waals surface area (Å²) in [5.74, 6) is 1.44. The Bertz CT molecular complexity index is 307. The van der Waals surface area contributed by atoms with Crippen LogP contribution in [0.1, 0.15) is 51.4 Å². The molecule has 2 bridgehead atoms. The summed E-state index contributed by atoms with van der Waals surface area (Å²) < 4.78 is 0. The molecule has 0 aromatic carbocycles. The van der Waals surface area contributed by atoms with Gasteiger partial charge in [0, 0.05) is 24.9 Å². The zero-order valence-corrected chi connectivity index (χ0v) is 12.3. The first-order chi connectivity index (χ1) is 9.22. The molecule has 3 aliphatic heterocycles. The summed E-state index contributed by atoms with van der Waals surface area (Å²) in [4.78, 5) is 16.9. The van der Waals surface area contributed by atoms with E-state index in [0.717, 1.165) is 18.8 Å². The Morgan fingerprint density at radius 1 is 1.05 bits per heavy atom. The number of piperidine rings is 3. The Balaban J connectivity index is 1.50. The first kappa shape index (κ1) is 13.6. The number of hydrogen-bond donors (Lipinski definition) is 0. The van der Waals surface area contributed by atoms with Crippen LogP contribution in [0.2, 0.25) is 0 Å². The Hall–Kier alpha value is -0.410. The lowest BCUT2D eigenvalue weighted by molar-refractivity contribution is -0.127. The third kappa shape index (κ3) is 3.19. The topological polar surface area (TPSA) is 23.6 Å². The molecule has 3 saturated heterocycles. The fraction of sp³-hybridized carbons (Fsp3) is 0.938. The molecule has 2 unspecified atom stereocenters. The number of Topliss-reactive ketones (excluding diaryl/α,β-unsaturated/α-hetero) is 1. The number of carbonyl (C=O) groups is 1. The summed E-state index contributed by atoms with van der Waals surface area (Å²) in [7, 11) is 2.23. The minimum atomic E-state index is 0.519. The average Bonchev–Trinajstić information content (AvgIpc) is 2.38. The van der Waals surface area contributed by atoms with Gasteiger partial charge in [-0.3, -0.25) is 9.69 Å². The molecule has 3 aliphatic rings. The molecule has 3 heterocycles. The highest BCUT2D eigenvalue weighted by molar-refractivity contribution is 5.80. The maximum atomic E-state index is 11.7. The number of fused-ring (bicyclic) bond motifs is 2. The Kier molecular flexibility index (Phi) is 4.23. The molecule has 108 valence electrons. The summed E-state index contributed by atoms with van der Waals surface area (Å²) in [5.41, 5.74) is 0. The quantitative estimate of drug-likeness (QED) is 0.781. The second-order valence-electron chi connectivity index (χ2n) is 6.96. The van der Waals surface area contributed by atoms with Crippen molar-refractivity contribution in [2.75, 3.05) is 26.7 Å². The first-order valence-corrected chi connectivity index (χ1v) is 8.18. The van der Waals surface area contributed by atoms with Crippen LogP contribution in [0.4, 0.5) is 0 Å². The molecule has 0 N–H and O–H groups in total. The van der Waals surface area contributed by atoms with E-state index >= 15 is 0 Å². The normalized spacial score (nSPS) is 34.7. The van der Waals surface area contributed by atoms with E-state index < -0.39 is 0 Å². The highest BCUT2D eigenvalue weighted by Gasteiger charge is 2.37. The predicted octanol–water partition coefficient (Wildman–Crippen LogP) is 2.30. The van der Waals surface area contributed by atoms with Crippen LogP contribution in [-0.2, 0) is 4.79 Å². The predicted molar refractivity (Wildman–Crippen MR) is 77.2 cm³/mol. The highest BCUT2D eigenvalue weighted by atomic mass is 16.1. The smallest absolute Gasteiger partial charge is 0.136 e. The Labute approximate surface area is 117 Å². The van der Waals surface area contributed by atoms with E-state index in [-0.39, 0.29) is 0 Å². The molecule has 0 amide bonds. The summed E-state index contributed by atoms with van der Waals surface area (Å²) in [5, 5.41) is 0. The largest absolute Gasteiger partial charge is 0.306 e. The third-order valence-corrected chi connectivity index (χ3v) is 5.57. The van der Waals surface area contributed by atoms with Crippen molar-refractivity contribution in [1.29, 1.82) is 0 Å². The maximum Gasteiger partial charge on any atom is 0.136 e. The van der Waals surface area contributed by atoms with Crippen molar-refractivity contribution in [1.82, 2.24) is 9.80 Å². The van der Waals surface area contributed by atoms with Crippen molar-refractivity contribution in [2.45, 2.75) is 63.5 Å². The van der Waals surface area contributed by atoms with Gasteiger partial charge in [0.05, 0.1) is 0 Å².